The number of alkyl halides is 2. The van der Waals surface area contributed by atoms with Crippen LogP contribution in [-0.2, 0) is 38.1 Å². The van der Waals surface area contributed by atoms with Crippen molar-refractivity contribution in [3.63, 3.8) is 0 Å². The van der Waals surface area contributed by atoms with Gasteiger partial charge in [0, 0.05) is 38.0 Å². The molecule has 1 aromatic rings. The maximum Gasteiger partial charge on any atom is 0.351 e. The van der Waals surface area contributed by atoms with Crippen LogP contribution in [0.15, 0.2) is 17.1 Å². The first-order valence-electron chi connectivity index (χ1n) is 13.6. The van der Waals surface area contributed by atoms with Gasteiger partial charge in [-0.05, 0) is 18.9 Å². The molecule has 4 atom stereocenters. The summed E-state index contributed by atoms with van der Waals surface area (Å²) in [7, 11) is 1.45. The van der Waals surface area contributed by atoms with E-state index in [1.165, 1.54) is 7.11 Å². The molecule has 0 saturated carbocycles. The van der Waals surface area contributed by atoms with E-state index in [-0.39, 0.29) is 36.3 Å². The number of hydrogen-bond acceptors (Lipinski definition) is 12. The number of nitrogen functional groups attached to an aromatic ring is 1. The molecule has 1 aliphatic rings. The molecule has 0 bridgehead atoms. The van der Waals surface area contributed by atoms with Gasteiger partial charge in [-0.1, -0.05) is 26.7 Å². The second-order valence-electron chi connectivity index (χ2n) is 10.4. The predicted molar refractivity (Wildman–Crippen MR) is 142 cm³/mol. The van der Waals surface area contributed by atoms with Crippen LogP contribution in [-0.4, -0.2) is 89.6 Å². The first-order chi connectivity index (χ1) is 19.8. The van der Waals surface area contributed by atoms with Crippen molar-refractivity contribution in [3.05, 3.63) is 22.7 Å². The van der Waals surface area contributed by atoms with E-state index in [9.17, 15) is 37.9 Å². The number of methoxy groups -OCH3 is 1. The first-order valence-corrected chi connectivity index (χ1v) is 13.6. The van der Waals surface area contributed by atoms with Crippen molar-refractivity contribution in [3.8, 4) is 0 Å². The molecule has 1 saturated heterocycles. The van der Waals surface area contributed by atoms with Crippen LogP contribution in [0.2, 0.25) is 0 Å². The number of nitrogens with zero attached hydrogens (tertiary/aromatic N) is 2. The van der Waals surface area contributed by atoms with Gasteiger partial charge < -0.3 is 29.8 Å². The fourth-order valence-corrected chi connectivity index (χ4v) is 4.45. The maximum atomic E-state index is 14.6. The second kappa shape index (κ2) is 16.5. The largest absolute Gasteiger partial charge is 0.461 e. The molecule has 0 spiro atoms. The zero-order chi connectivity index (χ0) is 31.4. The molecule has 2 heterocycles. The number of carbonyl (C=O) groups is 4. The van der Waals surface area contributed by atoms with Crippen LogP contribution in [0, 0.1) is 11.8 Å². The number of rotatable bonds is 19. The third-order valence-corrected chi connectivity index (χ3v) is 6.63. The Hall–Kier alpha value is -3.14. The second-order valence-corrected chi connectivity index (χ2v) is 10.4. The molecule has 0 aliphatic carbocycles. The van der Waals surface area contributed by atoms with E-state index < -0.39 is 67.5 Å². The summed E-state index contributed by atoms with van der Waals surface area (Å²) in [6.45, 7) is 1.61. The number of hydrogen-bond donors (Lipinski definition) is 2. The van der Waals surface area contributed by atoms with Crippen LogP contribution in [0.3, 0.4) is 0 Å². The van der Waals surface area contributed by atoms with Gasteiger partial charge in [0.25, 0.3) is 0 Å². The molecular formula is C27H39F2N3O10. The standard InChI is InChI=1S/C27H39F2N3O10/c1-16(2)23(36)17(7-5-4-6-8-18(33)12-39-3)11-19(34)13-40-15-22(35)41-14-20-24(37)27(28,29)25(42-20)32-10-9-21(30)31-26(32)38/h9-10,16-17,20,24-25,37H,4-8,11-15H2,1-3H3,(H2,30,31,38)/t17?,20-,24?,25-/m1/s1. The Bertz CT molecular complexity index is 1140. The van der Waals surface area contributed by atoms with E-state index in [4.69, 9.17) is 24.7 Å². The number of ether oxygens (including phenoxy) is 4. The number of halogens is 2. The molecule has 1 fully saturated rings. The minimum absolute atomic E-state index is 0.000188. The average Bonchev–Trinajstić information content (AvgIpc) is 3.14. The molecule has 3 N–H and O–H groups in total. The van der Waals surface area contributed by atoms with Gasteiger partial charge in [0.1, 0.15) is 44.1 Å². The minimum Gasteiger partial charge on any atom is -0.461 e. The lowest BCUT2D eigenvalue weighted by atomic mass is 9.86. The molecule has 0 aromatic carbocycles. The maximum absolute atomic E-state index is 14.6. The highest BCUT2D eigenvalue weighted by Gasteiger charge is 2.60. The highest BCUT2D eigenvalue weighted by atomic mass is 19.3. The predicted octanol–water partition coefficient (Wildman–Crippen LogP) is 1.25. The summed E-state index contributed by atoms with van der Waals surface area (Å²) >= 11 is 0. The van der Waals surface area contributed by atoms with Crippen LogP contribution < -0.4 is 11.4 Å². The zero-order valence-corrected chi connectivity index (χ0v) is 24.0. The van der Waals surface area contributed by atoms with Crippen molar-refractivity contribution < 1.29 is 52.0 Å². The third-order valence-electron chi connectivity index (χ3n) is 6.63. The van der Waals surface area contributed by atoms with E-state index in [0.29, 0.717) is 36.7 Å². The fraction of sp³-hybridized carbons (Fsp3) is 0.704. The molecule has 13 nitrogen and oxygen atoms in total. The Morgan fingerprint density at radius 3 is 2.50 bits per heavy atom. The van der Waals surface area contributed by atoms with Gasteiger partial charge >= 0.3 is 17.6 Å². The smallest absolute Gasteiger partial charge is 0.351 e. The normalized spacial score (nSPS) is 20.4. The Labute approximate surface area is 241 Å². The Morgan fingerprint density at radius 1 is 1.14 bits per heavy atom. The summed E-state index contributed by atoms with van der Waals surface area (Å²) in [5, 5.41) is 10.0. The number of aliphatic hydroxyl groups is 1. The van der Waals surface area contributed by atoms with Crippen LogP contribution in [0.5, 0.6) is 0 Å². The lowest BCUT2D eigenvalue weighted by molar-refractivity contribution is -0.156. The number of anilines is 1. The molecule has 0 amide bonds. The molecule has 1 aliphatic heterocycles. The number of carbonyl (C=O) groups excluding carboxylic acids is 4. The van der Waals surface area contributed by atoms with Gasteiger partial charge in [0.15, 0.2) is 17.7 Å². The number of aromatic nitrogens is 2. The summed E-state index contributed by atoms with van der Waals surface area (Å²) in [4.78, 5) is 63.9. The number of nitrogens with two attached hydrogens (primary N) is 1. The van der Waals surface area contributed by atoms with Crippen molar-refractivity contribution >= 4 is 29.1 Å². The third kappa shape index (κ3) is 10.3. The quantitative estimate of drug-likeness (QED) is 0.170. The molecule has 42 heavy (non-hydrogen) atoms. The van der Waals surface area contributed by atoms with Crippen molar-refractivity contribution in [1.82, 2.24) is 9.55 Å². The highest BCUT2D eigenvalue weighted by molar-refractivity contribution is 5.89. The van der Waals surface area contributed by atoms with Gasteiger partial charge in [0.05, 0.1) is 0 Å². The minimum atomic E-state index is -3.91. The monoisotopic (exact) mass is 603 g/mol. The first kappa shape index (κ1) is 35.1. The molecule has 236 valence electrons. The van der Waals surface area contributed by atoms with Gasteiger partial charge in [-0.15, -0.1) is 0 Å². The number of aliphatic hydroxyl groups excluding tert-OH is 1. The van der Waals surface area contributed by atoms with E-state index in [0.717, 1.165) is 12.3 Å². The van der Waals surface area contributed by atoms with E-state index in [2.05, 4.69) is 4.98 Å². The number of esters is 1. The summed E-state index contributed by atoms with van der Waals surface area (Å²) in [5.41, 5.74) is 4.25. The summed E-state index contributed by atoms with van der Waals surface area (Å²) in [6.07, 6.45) is -2.52. The van der Waals surface area contributed by atoms with Gasteiger partial charge in [0.2, 0.25) is 6.23 Å². The van der Waals surface area contributed by atoms with Crippen LogP contribution in [0.1, 0.15) is 58.6 Å². The number of ketones is 3. The average molecular weight is 604 g/mol. The molecule has 2 unspecified atom stereocenters. The van der Waals surface area contributed by atoms with Crippen LogP contribution >= 0.6 is 0 Å². The molecule has 15 heteroatoms. The van der Waals surface area contributed by atoms with Crippen LogP contribution in [0.4, 0.5) is 14.6 Å². The fourth-order valence-electron chi connectivity index (χ4n) is 4.45. The Kier molecular flexibility index (Phi) is 13.8. The van der Waals surface area contributed by atoms with Gasteiger partial charge in [-0.3, -0.25) is 19.0 Å². The van der Waals surface area contributed by atoms with Crippen LogP contribution in [0.25, 0.3) is 0 Å². The lowest BCUT2D eigenvalue weighted by Crippen LogP contribution is -2.42. The van der Waals surface area contributed by atoms with Gasteiger partial charge in [-0.2, -0.15) is 13.8 Å². The summed E-state index contributed by atoms with van der Waals surface area (Å²) in [5.74, 6) is -6.38. The van der Waals surface area contributed by atoms with Crippen molar-refractivity contribution in [1.29, 1.82) is 0 Å². The molecule has 2 rings (SSSR count). The summed E-state index contributed by atoms with van der Waals surface area (Å²) in [6, 6.07) is 1.11. The highest BCUT2D eigenvalue weighted by Crippen LogP contribution is 2.42. The van der Waals surface area contributed by atoms with E-state index >= 15 is 0 Å². The topological polar surface area (TPSA) is 186 Å². The Balaban J connectivity index is 1.77. The molecular weight excluding hydrogens is 564 g/mol. The number of unbranched alkanes of at least 4 members (excludes halogenated alkanes) is 2. The van der Waals surface area contributed by atoms with Gasteiger partial charge in [-0.25, -0.2) is 9.59 Å². The van der Waals surface area contributed by atoms with E-state index in [1.54, 1.807) is 13.8 Å². The molecule has 0 radical (unpaired) electrons. The zero-order valence-electron chi connectivity index (χ0n) is 24.0. The van der Waals surface area contributed by atoms with E-state index in [1.807, 2.05) is 0 Å². The van der Waals surface area contributed by atoms with Crippen molar-refractivity contribution in [2.24, 2.45) is 11.8 Å². The number of Topliss-reactive ketones (excluding diaryl/α,β-unsaturated/α-hetero) is 3. The van der Waals surface area contributed by atoms with Crippen molar-refractivity contribution in [2.45, 2.75) is 76.7 Å². The Morgan fingerprint density at radius 2 is 1.86 bits per heavy atom. The van der Waals surface area contributed by atoms with Crippen molar-refractivity contribution in [2.75, 3.05) is 39.3 Å². The summed E-state index contributed by atoms with van der Waals surface area (Å²) < 4.78 is 49.5. The SMILES string of the molecule is COCC(=O)CCCCCC(CC(=O)COCC(=O)OC[C@H]1O[C@@H](n2ccc(N)nc2=O)C(F)(F)C1O)C(=O)C(C)C. The lowest BCUT2D eigenvalue weighted by Gasteiger charge is -2.20. The molecule has 1 aromatic heterocycles.